The zero-order valence-electron chi connectivity index (χ0n) is 12.0. The Morgan fingerprint density at radius 2 is 1.70 bits per heavy atom. The highest BCUT2D eigenvalue weighted by molar-refractivity contribution is 8.00. The minimum atomic E-state index is -3.57. The van der Waals surface area contributed by atoms with E-state index >= 15 is 0 Å². The third-order valence-corrected chi connectivity index (χ3v) is 4.54. The molecule has 0 fully saturated rings. The van der Waals surface area contributed by atoms with Crippen molar-refractivity contribution in [2.24, 2.45) is 5.14 Å². The average Bonchev–Trinajstić information content (AvgIpc) is 2.47. The third kappa shape index (κ3) is 6.39. The maximum Gasteiger partial charge on any atom is 0.234 e. The smallest absolute Gasteiger partial charge is 0.234 e. The highest BCUT2D eigenvalue weighted by atomic mass is 32.2. The number of nitrogens with two attached hydrogens (primary N) is 1. The summed E-state index contributed by atoms with van der Waals surface area (Å²) < 4.78 is 34.7. The van der Waals surface area contributed by atoms with Gasteiger partial charge in [0, 0.05) is 10.6 Å². The highest BCUT2D eigenvalue weighted by Crippen LogP contribution is 2.18. The van der Waals surface area contributed by atoms with Gasteiger partial charge in [-0.2, -0.15) is 0 Å². The first-order valence-corrected chi connectivity index (χ1v) is 9.29. The highest BCUT2D eigenvalue weighted by Gasteiger charge is 2.07. The van der Waals surface area contributed by atoms with Gasteiger partial charge in [-0.05, 0) is 42.0 Å². The van der Waals surface area contributed by atoms with Gasteiger partial charge in [-0.25, -0.2) is 17.9 Å². The van der Waals surface area contributed by atoms with Crippen molar-refractivity contribution in [3.05, 3.63) is 59.9 Å². The molecule has 5 nitrogen and oxygen atoms in total. The van der Waals surface area contributed by atoms with Crippen molar-refractivity contribution in [2.75, 3.05) is 11.1 Å². The van der Waals surface area contributed by atoms with E-state index in [1.54, 1.807) is 36.4 Å². The third-order valence-electron chi connectivity index (χ3n) is 2.79. The molecule has 122 valence electrons. The van der Waals surface area contributed by atoms with E-state index in [0.717, 1.165) is 4.90 Å². The fourth-order valence-electron chi connectivity index (χ4n) is 1.79. The molecule has 0 aromatic heterocycles. The molecule has 0 aliphatic rings. The Balaban J connectivity index is 1.86. The van der Waals surface area contributed by atoms with E-state index in [1.165, 1.54) is 23.9 Å². The minimum absolute atomic E-state index is 0.185. The first-order chi connectivity index (χ1) is 10.8. The molecule has 2 rings (SSSR count). The Hall–Kier alpha value is -1.90. The lowest BCUT2D eigenvalue weighted by Crippen LogP contribution is -2.15. The number of carbonyl (C=O) groups is 1. The predicted molar refractivity (Wildman–Crippen MR) is 89.0 cm³/mol. The number of sulfonamides is 1. The SMILES string of the molecule is NS(=O)(=O)Cc1ccc(NC(=O)CSc2ccc(F)cc2)cc1. The number of primary sulfonamides is 1. The van der Waals surface area contributed by atoms with Crippen molar-refractivity contribution < 1.29 is 17.6 Å². The standard InChI is InChI=1S/C15H15FN2O3S2/c16-12-3-7-14(8-4-12)22-9-15(19)18-13-5-1-11(2-6-13)10-23(17,20)21/h1-8H,9-10H2,(H,18,19)(H2,17,20,21). The van der Waals surface area contributed by atoms with Crippen molar-refractivity contribution >= 4 is 33.4 Å². The quantitative estimate of drug-likeness (QED) is 0.779. The monoisotopic (exact) mass is 354 g/mol. The normalized spacial score (nSPS) is 11.2. The molecule has 0 atom stereocenters. The van der Waals surface area contributed by atoms with Crippen LogP contribution in [-0.4, -0.2) is 20.1 Å². The number of anilines is 1. The van der Waals surface area contributed by atoms with Gasteiger partial charge >= 0.3 is 0 Å². The summed E-state index contributed by atoms with van der Waals surface area (Å²) in [5.41, 5.74) is 1.11. The van der Waals surface area contributed by atoms with Crippen molar-refractivity contribution in [3.8, 4) is 0 Å². The lowest BCUT2D eigenvalue weighted by molar-refractivity contribution is -0.113. The molecule has 8 heteroatoms. The van der Waals surface area contributed by atoms with E-state index in [-0.39, 0.29) is 23.2 Å². The molecular weight excluding hydrogens is 339 g/mol. The van der Waals surface area contributed by atoms with Crippen LogP contribution in [0.25, 0.3) is 0 Å². The second kappa shape index (κ2) is 7.58. The number of benzene rings is 2. The molecule has 0 aliphatic carbocycles. The molecule has 0 saturated carbocycles. The Bertz CT molecular complexity index is 775. The molecule has 0 radical (unpaired) electrons. The summed E-state index contributed by atoms with van der Waals surface area (Å²) in [6, 6.07) is 12.3. The first kappa shape index (κ1) is 17.5. The van der Waals surface area contributed by atoms with Gasteiger partial charge in [0.2, 0.25) is 15.9 Å². The van der Waals surface area contributed by atoms with Crippen LogP contribution >= 0.6 is 11.8 Å². The molecule has 0 bridgehead atoms. The predicted octanol–water partition coefficient (Wildman–Crippen LogP) is 2.35. The summed E-state index contributed by atoms with van der Waals surface area (Å²) in [5, 5.41) is 7.67. The van der Waals surface area contributed by atoms with Crippen LogP contribution in [0.15, 0.2) is 53.4 Å². The Morgan fingerprint density at radius 1 is 1.09 bits per heavy atom. The zero-order chi connectivity index (χ0) is 16.9. The summed E-state index contributed by atoms with van der Waals surface area (Å²) in [4.78, 5) is 12.6. The van der Waals surface area contributed by atoms with Crippen LogP contribution in [0.1, 0.15) is 5.56 Å². The van der Waals surface area contributed by atoms with Gasteiger partial charge in [0.15, 0.2) is 0 Å². The molecule has 2 aromatic carbocycles. The molecule has 0 heterocycles. The van der Waals surface area contributed by atoms with Gasteiger partial charge in [-0.3, -0.25) is 4.79 Å². The van der Waals surface area contributed by atoms with E-state index in [4.69, 9.17) is 5.14 Å². The van der Waals surface area contributed by atoms with Gasteiger partial charge in [0.1, 0.15) is 5.82 Å². The topological polar surface area (TPSA) is 89.3 Å². The van der Waals surface area contributed by atoms with E-state index in [0.29, 0.717) is 11.3 Å². The maximum absolute atomic E-state index is 12.8. The number of rotatable bonds is 6. The van der Waals surface area contributed by atoms with Crippen LogP contribution in [0.4, 0.5) is 10.1 Å². The van der Waals surface area contributed by atoms with E-state index in [9.17, 15) is 17.6 Å². The lowest BCUT2D eigenvalue weighted by atomic mass is 10.2. The van der Waals surface area contributed by atoms with Crippen LogP contribution in [0.2, 0.25) is 0 Å². The number of hydrogen-bond donors (Lipinski definition) is 2. The second-order valence-corrected chi connectivity index (χ2v) is 7.46. The van der Waals surface area contributed by atoms with E-state index < -0.39 is 10.0 Å². The molecule has 23 heavy (non-hydrogen) atoms. The minimum Gasteiger partial charge on any atom is -0.325 e. The summed E-state index contributed by atoms with van der Waals surface area (Å²) >= 11 is 1.29. The fraction of sp³-hybridized carbons (Fsp3) is 0.133. The molecular formula is C15H15FN2O3S2. The van der Waals surface area contributed by atoms with Crippen LogP contribution in [-0.2, 0) is 20.6 Å². The van der Waals surface area contributed by atoms with Crippen LogP contribution in [0.5, 0.6) is 0 Å². The number of halogens is 1. The van der Waals surface area contributed by atoms with Gasteiger partial charge in [0.25, 0.3) is 0 Å². The van der Waals surface area contributed by atoms with Crippen molar-refractivity contribution in [1.82, 2.24) is 0 Å². The average molecular weight is 354 g/mol. The fourth-order valence-corrected chi connectivity index (χ4v) is 3.15. The summed E-state index contributed by atoms with van der Waals surface area (Å²) in [6.07, 6.45) is 0. The van der Waals surface area contributed by atoms with Crippen molar-refractivity contribution in [1.29, 1.82) is 0 Å². The first-order valence-electron chi connectivity index (χ1n) is 6.59. The number of hydrogen-bond acceptors (Lipinski definition) is 4. The largest absolute Gasteiger partial charge is 0.325 e. The Kier molecular flexibility index (Phi) is 5.75. The second-order valence-electron chi connectivity index (χ2n) is 4.79. The molecule has 0 spiro atoms. The maximum atomic E-state index is 12.8. The summed E-state index contributed by atoms with van der Waals surface area (Å²) in [7, 11) is -3.57. The molecule has 0 unspecified atom stereocenters. The number of carbonyl (C=O) groups excluding carboxylic acids is 1. The van der Waals surface area contributed by atoms with Gasteiger partial charge in [-0.15, -0.1) is 11.8 Å². The van der Waals surface area contributed by atoms with Crippen molar-refractivity contribution in [3.63, 3.8) is 0 Å². The summed E-state index contributed by atoms with van der Waals surface area (Å²) in [5.74, 6) is -0.594. The summed E-state index contributed by atoms with van der Waals surface area (Å²) in [6.45, 7) is 0. The zero-order valence-corrected chi connectivity index (χ0v) is 13.7. The molecule has 2 aromatic rings. The number of amides is 1. The lowest BCUT2D eigenvalue weighted by Gasteiger charge is -2.06. The van der Waals surface area contributed by atoms with Crippen LogP contribution in [0, 0.1) is 5.82 Å². The Labute approximate surface area is 138 Å². The van der Waals surface area contributed by atoms with Gasteiger partial charge < -0.3 is 5.32 Å². The van der Waals surface area contributed by atoms with E-state index in [2.05, 4.69) is 5.32 Å². The molecule has 0 aliphatic heterocycles. The van der Waals surface area contributed by atoms with E-state index in [1.807, 2.05) is 0 Å². The molecule has 3 N–H and O–H groups in total. The van der Waals surface area contributed by atoms with Crippen LogP contribution in [0.3, 0.4) is 0 Å². The molecule has 1 amide bonds. The Morgan fingerprint density at radius 3 is 2.26 bits per heavy atom. The van der Waals surface area contributed by atoms with Gasteiger partial charge in [0.05, 0.1) is 11.5 Å². The number of nitrogens with one attached hydrogen (secondary N) is 1. The number of thioether (sulfide) groups is 1. The van der Waals surface area contributed by atoms with Crippen molar-refractivity contribution in [2.45, 2.75) is 10.6 Å². The van der Waals surface area contributed by atoms with Gasteiger partial charge in [-0.1, -0.05) is 12.1 Å². The molecule has 0 saturated heterocycles. The van der Waals surface area contributed by atoms with Crippen LogP contribution < -0.4 is 10.5 Å².